The summed E-state index contributed by atoms with van der Waals surface area (Å²) < 4.78 is 10.8. The molecule has 7 nitrogen and oxygen atoms in total. The van der Waals surface area contributed by atoms with Gasteiger partial charge in [0.2, 0.25) is 5.91 Å². The van der Waals surface area contributed by atoms with Gasteiger partial charge < -0.3 is 25.0 Å². The largest absolute Gasteiger partial charge is 0.497 e. The fourth-order valence-corrected chi connectivity index (χ4v) is 5.11. The molecule has 0 radical (unpaired) electrons. The lowest BCUT2D eigenvalue weighted by Gasteiger charge is -2.46. The van der Waals surface area contributed by atoms with Gasteiger partial charge in [0.25, 0.3) is 0 Å². The first kappa shape index (κ1) is 20.8. The third-order valence-electron chi connectivity index (χ3n) is 6.78. The summed E-state index contributed by atoms with van der Waals surface area (Å²) in [6.07, 6.45) is 5.84. The number of fused-ring (bicyclic) bond motifs is 2. The lowest BCUT2D eigenvalue weighted by atomic mass is 9.81. The van der Waals surface area contributed by atoms with Crippen LogP contribution in [0.25, 0.3) is 6.08 Å². The van der Waals surface area contributed by atoms with Crippen LogP contribution in [-0.2, 0) is 11.2 Å². The summed E-state index contributed by atoms with van der Waals surface area (Å²) in [6.45, 7) is 1.76. The highest BCUT2D eigenvalue weighted by Crippen LogP contribution is 2.33. The number of benzene rings is 2. The van der Waals surface area contributed by atoms with Gasteiger partial charge in [0, 0.05) is 23.9 Å². The summed E-state index contributed by atoms with van der Waals surface area (Å²) in [7, 11) is 3.30. The molecule has 0 aromatic heterocycles. The van der Waals surface area contributed by atoms with Crippen molar-refractivity contribution in [2.45, 2.75) is 25.3 Å². The van der Waals surface area contributed by atoms with Crippen molar-refractivity contribution in [1.82, 2.24) is 16.0 Å². The second kappa shape index (κ2) is 8.84. The van der Waals surface area contributed by atoms with E-state index in [-0.39, 0.29) is 30.2 Å². The number of anilines is 1. The maximum absolute atomic E-state index is 13.2. The Morgan fingerprint density at radius 3 is 2.84 bits per heavy atom. The van der Waals surface area contributed by atoms with E-state index < -0.39 is 0 Å². The smallest absolute Gasteiger partial charge is 0.229 e. The fourth-order valence-electron chi connectivity index (χ4n) is 5.11. The number of piperidine rings is 1. The molecule has 168 valence electrons. The third-order valence-corrected chi connectivity index (χ3v) is 6.78. The van der Waals surface area contributed by atoms with Gasteiger partial charge in [0.1, 0.15) is 11.5 Å². The average Bonchev–Trinajstić information content (AvgIpc) is 3.26. The highest BCUT2D eigenvalue weighted by atomic mass is 16.5. The highest BCUT2D eigenvalue weighted by Gasteiger charge is 2.44. The first-order chi connectivity index (χ1) is 15.7. The Balaban J connectivity index is 1.32. The van der Waals surface area contributed by atoms with Crippen molar-refractivity contribution in [3.63, 3.8) is 0 Å². The lowest BCUT2D eigenvalue weighted by molar-refractivity contribution is -0.132. The average molecular weight is 435 g/mol. The van der Waals surface area contributed by atoms with Crippen molar-refractivity contribution < 1.29 is 14.3 Å². The van der Waals surface area contributed by atoms with Gasteiger partial charge in [-0.15, -0.1) is 0 Å². The van der Waals surface area contributed by atoms with E-state index in [0.717, 1.165) is 43.0 Å². The second-order valence-corrected chi connectivity index (χ2v) is 8.53. The molecule has 4 atom stereocenters. The van der Waals surface area contributed by atoms with Crippen LogP contribution in [0.3, 0.4) is 0 Å². The van der Waals surface area contributed by atoms with E-state index in [0.29, 0.717) is 0 Å². The molecule has 3 N–H and O–H groups in total. The standard InChI is InChI=1S/C25H30N4O3/c1-31-19-10-9-17(21(15-19)32-2)7-8-18-11-13-26-23-22(18)24(30)28-25(27-23)29-14-12-16-5-3-4-6-20(16)29/h3-10,15,18,22-23,25-27H,11-14H2,1-2H3,(H,28,30)/b8-7+. The lowest BCUT2D eigenvalue weighted by Crippen LogP contribution is -2.72. The number of amides is 1. The van der Waals surface area contributed by atoms with Crippen LogP contribution in [0.15, 0.2) is 48.5 Å². The van der Waals surface area contributed by atoms with Gasteiger partial charge in [0.05, 0.1) is 26.3 Å². The number of allylic oxidation sites excluding steroid dienone is 1. The van der Waals surface area contributed by atoms with Gasteiger partial charge in [-0.1, -0.05) is 30.4 Å². The molecular weight excluding hydrogens is 404 g/mol. The summed E-state index contributed by atoms with van der Waals surface area (Å²) in [4.78, 5) is 15.5. The van der Waals surface area contributed by atoms with Crippen molar-refractivity contribution in [2.75, 3.05) is 32.2 Å². The van der Waals surface area contributed by atoms with Crippen LogP contribution >= 0.6 is 0 Å². The maximum Gasteiger partial charge on any atom is 0.229 e. The first-order valence-electron chi connectivity index (χ1n) is 11.2. The van der Waals surface area contributed by atoms with Gasteiger partial charge in [-0.2, -0.15) is 0 Å². The summed E-state index contributed by atoms with van der Waals surface area (Å²) in [5.41, 5.74) is 3.50. The Morgan fingerprint density at radius 2 is 2.00 bits per heavy atom. The van der Waals surface area contributed by atoms with E-state index in [9.17, 15) is 4.79 Å². The number of carbonyl (C=O) groups excluding carboxylic acids is 1. The van der Waals surface area contributed by atoms with Crippen LogP contribution < -0.4 is 30.3 Å². The first-order valence-corrected chi connectivity index (χ1v) is 11.2. The maximum atomic E-state index is 13.2. The predicted molar refractivity (Wildman–Crippen MR) is 125 cm³/mol. The Hall–Kier alpha value is -3.03. The molecule has 3 heterocycles. The van der Waals surface area contributed by atoms with Crippen molar-refractivity contribution in [2.24, 2.45) is 11.8 Å². The monoisotopic (exact) mass is 434 g/mol. The minimum atomic E-state index is -0.204. The van der Waals surface area contributed by atoms with E-state index in [1.54, 1.807) is 14.2 Å². The molecule has 3 aliphatic heterocycles. The summed E-state index contributed by atoms with van der Waals surface area (Å²) >= 11 is 0. The zero-order valence-corrected chi connectivity index (χ0v) is 18.5. The zero-order chi connectivity index (χ0) is 22.1. The molecule has 0 spiro atoms. The molecule has 4 unspecified atom stereocenters. The van der Waals surface area contributed by atoms with Gasteiger partial charge in [-0.3, -0.25) is 10.1 Å². The van der Waals surface area contributed by atoms with E-state index >= 15 is 0 Å². The van der Waals surface area contributed by atoms with Gasteiger partial charge >= 0.3 is 0 Å². The molecule has 3 aliphatic rings. The van der Waals surface area contributed by atoms with E-state index in [4.69, 9.17) is 9.47 Å². The van der Waals surface area contributed by atoms with Gasteiger partial charge in [-0.05, 0) is 49.1 Å². The normalized spacial score (nSPS) is 27.1. The van der Waals surface area contributed by atoms with E-state index in [2.05, 4.69) is 57.3 Å². The van der Waals surface area contributed by atoms with Crippen LogP contribution in [0.5, 0.6) is 11.5 Å². The van der Waals surface area contributed by atoms with E-state index in [1.165, 1.54) is 11.3 Å². The number of carbonyl (C=O) groups is 1. The van der Waals surface area contributed by atoms with Crippen molar-refractivity contribution in [3.05, 3.63) is 59.7 Å². The number of hydrogen-bond acceptors (Lipinski definition) is 6. The molecule has 2 aromatic carbocycles. The quantitative estimate of drug-likeness (QED) is 0.671. The topological polar surface area (TPSA) is 74.9 Å². The van der Waals surface area contributed by atoms with Gasteiger partial charge in [0.15, 0.2) is 6.29 Å². The SMILES string of the molecule is COc1ccc(/C=C/C2CCNC3NC(N4CCc5ccccc54)NC(=O)C23)c(OC)c1. The highest BCUT2D eigenvalue weighted by molar-refractivity contribution is 5.82. The Labute approximate surface area is 188 Å². The summed E-state index contributed by atoms with van der Waals surface area (Å²) in [5, 5.41) is 10.4. The molecule has 0 saturated carbocycles. The molecular formula is C25H30N4O3. The zero-order valence-electron chi connectivity index (χ0n) is 18.5. The summed E-state index contributed by atoms with van der Waals surface area (Å²) in [6, 6.07) is 14.2. The van der Waals surface area contributed by atoms with E-state index in [1.807, 2.05) is 18.2 Å². The Bertz CT molecular complexity index is 1020. The number of nitrogens with zero attached hydrogens (tertiary/aromatic N) is 1. The molecule has 32 heavy (non-hydrogen) atoms. The van der Waals surface area contributed by atoms with Crippen molar-refractivity contribution in [3.8, 4) is 11.5 Å². The number of ether oxygens (including phenoxy) is 2. The molecule has 0 bridgehead atoms. The molecule has 5 rings (SSSR count). The number of para-hydroxylation sites is 1. The molecule has 2 saturated heterocycles. The molecule has 2 aromatic rings. The number of nitrogens with one attached hydrogen (secondary N) is 3. The Kier molecular flexibility index (Phi) is 5.76. The molecule has 7 heteroatoms. The number of hydrogen-bond donors (Lipinski definition) is 3. The Morgan fingerprint density at radius 1 is 1.12 bits per heavy atom. The van der Waals surface area contributed by atoms with Crippen molar-refractivity contribution >= 4 is 17.7 Å². The van der Waals surface area contributed by atoms with Crippen LogP contribution in [0.1, 0.15) is 17.5 Å². The molecule has 0 aliphatic carbocycles. The fraction of sp³-hybridized carbons (Fsp3) is 0.400. The number of rotatable bonds is 5. The van der Waals surface area contributed by atoms with Crippen molar-refractivity contribution in [1.29, 1.82) is 0 Å². The minimum absolute atomic E-state index is 0.0670. The molecule has 2 fully saturated rings. The summed E-state index contributed by atoms with van der Waals surface area (Å²) in [5.74, 6) is 1.56. The molecule has 1 amide bonds. The van der Waals surface area contributed by atoms with Crippen LogP contribution in [0, 0.1) is 11.8 Å². The van der Waals surface area contributed by atoms with Crippen LogP contribution in [0.4, 0.5) is 5.69 Å². The second-order valence-electron chi connectivity index (χ2n) is 8.53. The van der Waals surface area contributed by atoms with Crippen LogP contribution in [0.2, 0.25) is 0 Å². The third kappa shape index (κ3) is 3.82. The minimum Gasteiger partial charge on any atom is -0.497 e. The van der Waals surface area contributed by atoms with Gasteiger partial charge in [-0.25, -0.2) is 0 Å². The number of methoxy groups -OCH3 is 2. The van der Waals surface area contributed by atoms with Crippen LogP contribution in [-0.4, -0.2) is 45.7 Å². The predicted octanol–water partition coefficient (Wildman–Crippen LogP) is 2.33.